The quantitative estimate of drug-likeness (QED) is 0.886. The fourth-order valence-electron chi connectivity index (χ4n) is 1.07. The lowest BCUT2D eigenvalue weighted by Crippen LogP contribution is -2.03. The van der Waals surface area contributed by atoms with Crippen molar-refractivity contribution >= 4 is 15.9 Å². The summed E-state index contributed by atoms with van der Waals surface area (Å²) in [5, 5.41) is 8.61. The number of rotatable bonds is 3. The number of aliphatic hydroxyl groups excluding tert-OH is 1. The minimum Gasteiger partial charge on any atom is -0.491 e. The normalized spacial score (nSPS) is 10.2. The molecule has 1 aromatic rings. The Morgan fingerprint density at radius 1 is 1.31 bits per heavy atom. The van der Waals surface area contributed by atoms with Crippen molar-refractivity contribution in [1.29, 1.82) is 0 Å². The fourth-order valence-corrected chi connectivity index (χ4v) is 1.50. The van der Waals surface area contributed by atoms with Gasteiger partial charge in [-0.05, 0) is 37.1 Å². The van der Waals surface area contributed by atoms with E-state index in [9.17, 15) is 0 Å². The monoisotopic (exact) mass is 244 g/mol. The molecule has 13 heavy (non-hydrogen) atoms. The highest BCUT2D eigenvalue weighted by Gasteiger charge is 2.04. The molecule has 0 aliphatic heterocycles. The molecule has 0 bridgehead atoms. The maximum absolute atomic E-state index is 8.61. The second-order valence-electron chi connectivity index (χ2n) is 2.87. The fraction of sp³-hybridized carbons (Fsp3) is 0.400. The molecule has 72 valence electrons. The Balaban J connectivity index is 2.90. The molecule has 0 radical (unpaired) electrons. The molecule has 0 saturated carbocycles. The summed E-state index contributed by atoms with van der Waals surface area (Å²) in [4.78, 5) is 0. The molecule has 3 heteroatoms. The molecule has 0 aliphatic rings. The zero-order chi connectivity index (χ0) is 9.84. The Bertz CT molecular complexity index is 297. The number of ether oxygens (including phenoxy) is 1. The van der Waals surface area contributed by atoms with E-state index in [1.54, 1.807) is 0 Å². The van der Waals surface area contributed by atoms with Gasteiger partial charge in [-0.25, -0.2) is 0 Å². The summed E-state index contributed by atoms with van der Waals surface area (Å²) in [6, 6.07) is 3.86. The third-order valence-electron chi connectivity index (χ3n) is 2.02. The van der Waals surface area contributed by atoms with Gasteiger partial charge in [-0.3, -0.25) is 0 Å². The largest absolute Gasteiger partial charge is 0.491 e. The van der Waals surface area contributed by atoms with Gasteiger partial charge < -0.3 is 9.84 Å². The highest BCUT2D eigenvalue weighted by Crippen LogP contribution is 2.27. The van der Waals surface area contributed by atoms with Crippen molar-refractivity contribution in [3.8, 4) is 5.75 Å². The van der Waals surface area contributed by atoms with Gasteiger partial charge in [-0.15, -0.1) is 0 Å². The van der Waals surface area contributed by atoms with E-state index >= 15 is 0 Å². The molecule has 0 atom stereocenters. The minimum atomic E-state index is 0.0502. The predicted octanol–water partition coefficient (Wildman–Crippen LogP) is 2.44. The van der Waals surface area contributed by atoms with Gasteiger partial charge in [0.1, 0.15) is 12.4 Å². The van der Waals surface area contributed by atoms with Gasteiger partial charge in [-0.2, -0.15) is 0 Å². The van der Waals surface area contributed by atoms with Crippen molar-refractivity contribution in [1.82, 2.24) is 0 Å². The molecule has 0 unspecified atom stereocenters. The number of benzene rings is 1. The van der Waals surface area contributed by atoms with Crippen molar-refractivity contribution in [3.05, 3.63) is 27.7 Å². The van der Waals surface area contributed by atoms with Gasteiger partial charge in [0.15, 0.2) is 0 Å². The van der Waals surface area contributed by atoms with Crippen LogP contribution in [-0.4, -0.2) is 18.3 Å². The Hall–Kier alpha value is -0.540. The summed E-state index contributed by atoms with van der Waals surface area (Å²) >= 11 is 3.44. The van der Waals surface area contributed by atoms with Crippen LogP contribution in [0.5, 0.6) is 5.75 Å². The lowest BCUT2D eigenvalue weighted by atomic mass is 10.1. The molecule has 0 saturated heterocycles. The minimum absolute atomic E-state index is 0.0502. The summed E-state index contributed by atoms with van der Waals surface area (Å²) in [5.74, 6) is 0.842. The topological polar surface area (TPSA) is 29.5 Å². The van der Waals surface area contributed by atoms with Crippen molar-refractivity contribution < 1.29 is 9.84 Å². The molecule has 1 aromatic carbocycles. The van der Waals surface area contributed by atoms with Gasteiger partial charge in [0.25, 0.3) is 0 Å². The van der Waals surface area contributed by atoms with Gasteiger partial charge in [-0.1, -0.05) is 15.9 Å². The van der Waals surface area contributed by atoms with E-state index in [1.165, 1.54) is 5.56 Å². The number of hydrogen-bond acceptors (Lipinski definition) is 2. The molecule has 0 fully saturated rings. The van der Waals surface area contributed by atoms with E-state index in [0.717, 1.165) is 15.8 Å². The Kier molecular flexibility index (Phi) is 3.75. The van der Waals surface area contributed by atoms with Crippen LogP contribution in [0, 0.1) is 13.8 Å². The first-order valence-corrected chi connectivity index (χ1v) is 4.95. The second-order valence-corrected chi connectivity index (χ2v) is 3.72. The number of halogens is 1. The van der Waals surface area contributed by atoms with E-state index in [-0.39, 0.29) is 6.61 Å². The Morgan fingerprint density at radius 3 is 2.62 bits per heavy atom. The van der Waals surface area contributed by atoms with Crippen LogP contribution < -0.4 is 4.74 Å². The van der Waals surface area contributed by atoms with Crippen LogP contribution in [0.25, 0.3) is 0 Å². The van der Waals surface area contributed by atoms with Crippen LogP contribution in [-0.2, 0) is 0 Å². The highest BCUT2D eigenvalue weighted by atomic mass is 79.9. The van der Waals surface area contributed by atoms with Crippen LogP contribution in [0.1, 0.15) is 11.1 Å². The van der Waals surface area contributed by atoms with Gasteiger partial charge in [0.05, 0.1) is 6.61 Å². The van der Waals surface area contributed by atoms with Crippen LogP contribution in [0.2, 0.25) is 0 Å². The summed E-state index contributed by atoms with van der Waals surface area (Å²) in [6.07, 6.45) is 0. The molecule has 0 spiro atoms. The zero-order valence-corrected chi connectivity index (χ0v) is 9.39. The van der Waals surface area contributed by atoms with Crippen molar-refractivity contribution in [2.24, 2.45) is 0 Å². The zero-order valence-electron chi connectivity index (χ0n) is 7.80. The standard InChI is InChI=1S/C10H13BrO2/c1-7-8(2)10(13-6-5-12)4-3-9(7)11/h3-4,12H,5-6H2,1-2H3. The Morgan fingerprint density at radius 2 is 2.00 bits per heavy atom. The SMILES string of the molecule is Cc1c(Br)ccc(OCCO)c1C. The summed E-state index contributed by atoms with van der Waals surface area (Å²) in [5.41, 5.74) is 2.29. The smallest absolute Gasteiger partial charge is 0.122 e. The van der Waals surface area contributed by atoms with Gasteiger partial charge >= 0.3 is 0 Å². The molecular formula is C10H13BrO2. The first kappa shape index (κ1) is 10.5. The van der Waals surface area contributed by atoms with Gasteiger partial charge in [0.2, 0.25) is 0 Å². The summed E-state index contributed by atoms with van der Waals surface area (Å²) in [7, 11) is 0. The molecule has 0 aliphatic carbocycles. The van der Waals surface area contributed by atoms with E-state index in [4.69, 9.17) is 9.84 Å². The van der Waals surface area contributed by atoms with Crippen molar-refractivity contribution in [2.75, 3.05) is 13.2 Å². The van der Waals surface area contributed by atoms with Crippen LogP contribution >= 0.6 is 15.9 Å². The average Bonchev–Trinajstić information content (AvgIpc) is 2.13. The maximum Gasteiger partial charge on any atom is 0.122 e. The third-order valence-corrected chi connectivity index (χ3v) is 2.88. The Labute approximate surface area is 86.7 Å². The molecule has 1 N–H and O–H groups in total. The van der Waals surface area contributed by atoms with E-state index in [0.29, 0.717) is 6.61 Å². The maximum atomic E-state index is 8.61. The lowest BCUT2D eigenvalue weighted by molar-refractivity contribution is 0.200. The third kappa shape index (κ3) is 2.45. The average molecular weight is 245 g/mol. The van der Waals surface area contributed by atoms with Crippen LogP contribution in [0.3, 0.4) is 0 Å². The molecule has 0 heterocycles. The van der Waals surface area contributed by atoms with Crippen molar-refractivity contribution in [3.63, 3.8) is 0 Å². The molecule has 2 nitrogen and oxygen atoms in total. The van der Waals surface area contributed by atoms with Crippen LogP contribution in [0.4, 0.5) is 0 Å². The van der Waals surface area contributed by atoms with E-state index in [2.05, 4.69) is 15.9 Å². The number of hydrogen-bond donors (Lipinski definition) is 1. The molecule has 1 rings (SSSR count). The summed E-state index contributed by atoms with van der Waals surface area (Å²) < 4.78 is 6.44. The number of aliphatic hydroxyl groups is 1. The highest BCUT2D eigenvalue weighted by molar-refractivity contribution is 9.10. The predicted molar refractivity (Wildman–Crippen MR) is 56.2 cm³/mol. The molecule has 0 aromatic heterocycles. The van der Waals surface area contributed by atoms with E-state index in [1.807, 2.05) is 26.0 Å². The van der Waals surface area contributed by atoms with Crippen LogP contribution in [0.15, 0.2) is 16.6 Å². The lowest BCUT2D eigenvalue weighted by Gasteiger charge is -2.10. The first-order chi connectivity index (χ1) is 6.16. The van der Waals surface area contributed by atoms with E-state index < -0.39 is 0 Å². The second kappa shape index (κ2) is 4.63. The first-order valence-electron chi connectivity index (χ1n) is 4.16. The van der Waals surface area contributed by atoms with Crippen molar-refractivity contribution in [2.45, 2.75) is 13.8 Å². The summed E-state index contributed by atoms with van der Waals surface area (Å²) in [6.45, 7) is 4.44. The molecular weight excluding hydrogens is 232 g/mol. The van der Waals surface area contributed by atoms with Gasteiger partial charge in [0, 0.05) is 4.47 Å². The molecule has 0 amide bonds.